The fourth-order valence-electron chi connectivity index (χ4n) is 4.58. The van der Waals surface area contributed by atoms with E-state index >= 15 is 0 Å². The number of methoxy groups -OCH3 is 1. The van der Waals surface area contributed by atoms with E-state index in [1.54, 1.807) is 11.8 Å². The molecule has 0 fully saturated rings. The minimum Gasteiger partial charge on any atom is -0.469 e. The van der Waals surface area contributed by atoms with E-state index < -0.39 is 0 Å². The van der Waals surface area contributed by atoms with Crippen LogP contribution in [0.15, 0.2) is 89.8 Å². The number of amides is 1. The maximum Gasteiger partial charge on any atom is 0.309 e. The molecule has 4 nitrogen and oxygen atoms in total. The summed E-state index contributed by atoms with van der Waals surface area (Å²) < 4.78 is 5.15. The van der Waals surface area contributed by atoms with Crippen molar-refractivity contribution in [2.24, 2.45) is 5.92 Å². The van der Waals surface area contributed by atoms with Crippen LogP contribution in [-0.4, -0.2) is 30.8 Å². The monoisotopic (exact) mass is 531 g/mol. The van der Waals surface area contributed by atoms with E-state index in [2.05, 4.69) is 48.6 Å². The normalized spacial score (nSPS) is 12.9. The lowest BCUT2D eigenvalue weighted by Gasteiger charge is -2.23. The molecule has 0 saturated carbocycles. The summed E-state index contributed by atoms with van der Waals surface area (Å²) in [5.74, 6) is 0.0876. The van der Waals surface area contributed by atoms with Gasteiger partial charge in [-0.25, -0.2) is 0 Å². The molecule has 0 saturated heterocycles. The van der Waals surface area contributed by atoms with E-state index in [4.69, 9.17) is 4.74 Å². The van der Waals surface area contributed by atoms with Gasteiger partial charge in [0.1, 0.15) is 0 Å². The highest BCUT2D eigenvalue weighted by Gasteiger charge is 2.25. The molecule has 0 aliphatic carbocycles. The summed E-state index contributed by atoms with van der Waals surface area (Å²) in [5, 5.41) is 5.61. The van der Waals surface area contributed by atoms with Crippen LogP contribution in [0.2, 0.25) is 0 Å². The van der Waals surface area contributed by atoms with E-state index in [-0.39, 0.29) is 23.8 Å². The predicted octanol–water partition coefficient (Wildman–Crippen LogP) is 7.76. The lowest BCUT2D eigenvalue weighted by atomic mass is 9.93. The zero-order chi connectivity index (χ0) is 27.0. The molecule has 0 aliphatic rings. The molecule has 1 unspecified atom stereocenters. The number of carbonyl (C=O) groups is 2. The number of hydrogen-bond donors (Lipinski definition) is 1. The maximum atomic E-state index is 12.9. The largest absolute Gasteiger partial charge is 0.469 e. The molecule has 3 rings (SSSR count). The number of nitrogens with one attached hydrogen (secondary N) is 1. The van der Waals surface area contributed by atoms with Crippen LogP contribution in [-0.2, 0) is 20.7 Å². The predicted molar refractivity (Wildman–Crippen MR) is 159 cm³/mol. The van der Waals surface area contributed by atoms with Gasteiger partial charge in [0.05, 0.1) is 13.0 Å². The number of esters is 1. The average Bonchev–Trinajstić information content (AvgIpc) is 2.95. The SMILES string of the molecule is CCCCCCC=CCC(=O)N[C@H](CSc1ccc2ccccc2c1)CC(Cc1ccccc1)C(=O)OC. The number of allylic oxidation sites excluding steroid dienone is 1. The lowest BCUT2D eigenvalue weighted by Crippen LogP contribution is -2.39. The molecule has 0 spiro atoms. The van der Waals surface area contributed by atoms with Gasteiger partial charge >= 0.3 is 5.97 Å². The van der Waals surface area contributed by atoms with Crippen LogP contribution < -0.4 is 5.32 Å². The van der Waals surface area contributed by atoms with Crippen LogP contribution in [0, 0.1) is 5.92 Å². The van der Waals surface area contributed by atoms with Crippen LogP contribution in [0.1, 0.15) is 57.4 Å². The van der Waals surface area contributed by atoms with E-state index in [1.165, 1.54) is 37.1 Å². The second-order valence-electron chi connectivity index (χ2n) is 9.75. The fourth-order valence-corrected chi connectivity index (χ4v) is 5.57. The van der Waals surface area contributed by atoms with Gasteiger partial charge in [-0.05, 0) is 54.2 Å². The van der Waals surface area contributed by atoms with Crippen molar-refractivity contribution in [2.75, 3.05) is 12.9 Å². The molecule has 38 heavy (non-hydrogen) atoms. The van der Waals surface area contributed by atoms with Gasteiger partial charge < -0.3 is 10.1 Å². The summed E-state index contributed by atoms with van der Waals surface area (Å²) >= 11 is 1.71. The Labute approximate surface area is 232 Å². The first-order valence-electron chi connectivity index (χ1n) is 13.8. The number of unbranched alkanes of at least 4 members (excludes halogenated alkanes) is 4. The zero-order valence-electron chi connectivity index (χ0n) is 22.7. The van der Waals surface area contributed by atoms with E-state index in [1.807, 2.05) is 48.5 Å². The topological polar surface area (TPSA) is 55.4 Å². The third-order valence-corrected chi connectivity index (χ3v) is 7.82. The van der Waals surface area contributed by atoms with Gasteiger partial charge in [-0.15, -0.1) is 11.8 Å². The first-order valence-corrected chi connectivity index (χ1v) is 14.7. The molecule has 0 aromatic heterocycles. The number of rotatable bonds is 16. The minimum absolute atomic E-state index is 0.0118. The molecule has 3 aromatic rings. The maximum absolute atomic E-state index is 12.9. The second kappa shape index (κ2) is 16.7. The van der Waals surface area contributed by atoms with Crippen LogP contribution in [0.4, 0.5) is 0 Å². The third-order valence-electron chi connectivity index (χ3n) is 6.66. The Hall–Kier alpha value is -3.05. The second-order valence-corrected chi connectivity index (χ2v) is 10.8. The Morgan fingerprint density at radius 2 is 1.68 bits per heavy atom. The summed E-state index contributed by atoms with van der Waals surface area (Å²) in [6, 6.07) is 24.6. The van der Waals surface area contributed by atoms with Crippen LogP contribution in [0.5, 0.6) is 0 Å². The van der Waals surface area contributed by atoms with Crippen molar-refractivity contribution in [1.82, 2.24) is 5.32 Å². The highest BCUT2D eigenvalue weighted by Crippen LogP contribution is 2.26. The van der Waals surface area contributed by atoms with Crippen molar-refractivity contribution in [1.29, 1.82) is 0 Å². The number of fused-ring (bicyclic) bond motifs is 1. The third kappa shape index (κ3) is 10.4. The first-order chi connectivity index (χ1) is 18.6. The summed E-state index contributed by atoms with van der Waals surface area (Å²) in [7, 11) is 1.43. The Balaban J connectivity index is 1.66. The molecule has 5 heteroatoms. The first kappa shape index (κ1) is 29.5. The highest BCUT2D eigenvalue weighted by molar-refractivity contribution is 7.99. The van der Waals surface area contributed by atoms with Gasteiger partial charge in [-0.3, -0.25) is 9.59 Å². The number of carbonyl (C=O) groups excluding carboxylic acids is 2. The number of thioether (sulfide) groups is 1. The number of benzene rings is 3. The van der Waals surface area contributed by atoms with Crippen LogP contribution in [0.3, 0.4) is 0 Å². The number of ether oxygens (including phenoxy) is 1. The Bertz CT molecular complexity index is 1160. The smallest absolute Gasteiger partial charge is 0.309 e. The Morgan fingerprint density at radius 1 is 0.921 bits per heavy atom. The van der Waals surface area contributed by atoms with Gasteiger partial charge in [0, 0.05) is 23.1 Å². The molecule has 202 valence electrons. The van der Waals surface area contributed by atoms with Crippen molar-refractivity contribution in [3.8, 4) is 0 Å². The molecule has 0 radical (unpaired) electrons. The fraction of sp³-hybridized carbons (Fsp3) is 0.394. The van der Waals surface area contributed by atoms with Crippen molar-refractivity contribution < 1.29 is 14.3 Å². The minimum atomic E-state index is -0.334. The van der Waals surface area contributed by atoms with Gasteiger partial charge in [0.15, 0.2) is 0 Å². The van der Waals surface area contributed by atoms with Crippen molar-refractivity contribution in [3.05, 3.63) is 90.5 Å². The summed E-state index contributed by atoms with van der Waals surface area (Å²) in [5.41, 5.74) is 1.08. The van der Waals surface area contributed by atoms with E-state index in [0.29, 0.717) is 25.0 Å². The zero-order valence-corrected chi connectivity index (χ0v) is 23.6. The quantitative estimate of drug-likeness (QED) is 0.0888. The van der Waals surface area contributed by atoms with E-state index in [9.17, 15) is 9.59 Å². The average molecular weight is 532 g/mol. The summed E-state index contributed by atoms with van der Waals surface area (Å²) in [6.07, 6.45) is 11.4. The summed E-state index contributed by atoms with van der Waals surface area (Å²) in [6.45, 7) is 2.21. The molecule has 0 bridgehead atoms. The molecule has 1 amide bonds. The molecule has 0 aliphatic heterocycles. The summed E-state index contributed by atoms with van der Waals surface area (Å²) in [4.78, 5) is 26.7. The van der Waals surface area contributed by atoms with E-state index in [0.717, 1.165) is 23.3 Å². The number of hydrogen-bond acceptors (Lipinski definition) is 4. The lowest BCUT2D eigenvalue weighted by molar-refractivity contribution is -0.146. The standard InChI is InChI=1S/C33H41NO3S/c1-3-4-5-6-7-8-12-19-32(35)34-30(23-29(33(36)37-2)22-26-15-10-9-11-16-26)25-38-31-21-20-27-17-13-14-18-28(27)24-31/h8-18,20-21,24,29-30H,3-7,19,22-23,25H2,1-2H3,(H,34,35)/t29?,30-/m0/s1. The molecule has 2 atom stereocenters. The van der Waals surface area contributed by atoms with Crippen LogP contribution >= 0.6 is 11.8 Å². The van der Waals surface area contributed by atoms with Gasteiger partial charge in [-0.1, -0.05) is 99.0 Å². The molecule has 0 heterocycles. The Kier molecular flexibility index (Phi) is 13.0. The van der Waals surface area contributed by atoms with Gasteiger partial charge in [-0.2, -0.15) is 0 Å². The van der Waals surface area contributed by atoms with Crippen molar-refractivity contribution in [3.63, 3.8) is 0 Å². The highest BCUT2D eigenvalue weighted by atomic mass is 32.2. The molecular weight excluding hydrogens is 490 g/mol. The Morgan fingerprint density at radius 3 is 2.45 bits per heavy atom. The van der Waals surface area contributed by atoms with Crippen molar-refractivity contribution in [2.45, 2.75) is 69.2 Å². The van der Waals surface area contributed by atoms with Crippen LogP contribution in [0.25, 0.3) is 10.8 Å². The molecular formula is C33H41NO3S. The van der Waals surface area contributed by atoms with Gasteiger partial charge in [0.2, 0.25) is 5.91 Å². The molecule has 1 N–H and O–H groups in total. The van der Waals surface area contributed by atoms with Gasteiger partial charge in [0.25, 0.3) is 0 Å². The molecule has 3 aromatic carbocycles. The van der Waals surface area contributed by atoms with Crippen molar-refractivity contribution >= 4 is 34.4 Å².